The molecule has 1 saturated heterocycles. The Labute approximate surface area is 110 Å². The van der Waals surface area contributed by atoms with Crippen molar-refractivity contribution in [2.45, 2.75) is 44.6 Å². The van der Waals surface area contributed by atoms with E-state index in [0.717, 1.165) is 38.8 Å². The number of piperidine rings is 1. The Morgan fingerprint density at radius 3 is 2.94 bits per heavy atom. The summed E-state index contributed by atoms with van der Waals surface area (Å²) in [5.74, 6) is -0.0785. The number of hydrogen-bond donors (Lipinski definition) is 2. The topological polar surface area (TPSA) is 52.6 Å². The van der Waals surface area contributed by atoms with Crippen LogP contribution in [0, 0.1) is 0 Å². The van der Waals surface area contributed by atoms with E-state index >= 15 is 0 Å². The molecule has 0 aromatic rings. The molecule has 1 amide bonds. The van der Waals surface area contributed by atoms with Gasteiger partial charge < -0.3 is 15.3 Å². The van der Waals surface area contributed by atoms with E-state index in [2.05, 4.69) is 29.3 Å². The van der Waals surface area contributed by atoms with Crippen LogP contribution in [-0.4, -0.2) is 48.2 Å². The number of aliphatic hydroxyl groups is 1. The van der Waals surface area contributed by atoms with E-state index in [9.17, 15) is 9.90 Å². The number of allylic oxidation sites excluding steroid dienone is 1. The average molecular weight is 254 g/mol. The molecule has 1 fully saturated rings. The van der Waals surface area contributed by atoms with Crippen LogP contribution in [0.3, 0.4) is 0 Å². The summed E-state index contributed by atoms with van der Waals surface area (Å²) in [5.41, 5.74) is -0.840. The molecular weight excluding hydrogens is 228 g/mol. The first-order valence-electron chi connectivity index (χ1n) is 6.90. The average Bonchev–Trinajstić information content (AvgIpc) is 2.34. The predicted molar refractivity (Wildman–Crippen MR) is 73.4 cm³/mol. The number of hydrogen-bond acceptors (Lipinski definition) is 3. The van der Waals surface area contributed by atoms with Gasteiger partial charge in [0.2, 0.25) is 5.91 Å². The second-order valence-electron chi connectivity index (χ2n) is 5.12. The molecule has 0 spiro atoms. The van der Waals surface area contributed by atoms with Crippen LogP contribution in [0.2, 0.25) is 0 Å². The second-order valence-corrected chi connectivity index (χ2v) is 5.12. The number of β-amino-alcohol motifs (C(OH)–C–C–N with tert-alkyl or cyclic N) is 1. The molecule has 0 aromatic carbocycles. The van der Waals surface area contributed by atoms with E-state index in [1.165, 1.54) is 0 Å². The molecule has 4 heteroatoms. The molecule has 1 rings (SSSR count). The third-order valence-corrected chi connectivity index (χ3v) is 3.42. The summed E-state index contributed by atoms with van der Waals surface area (Å²) in [5, 5.41) is 13.0. The standard InChI is InChI=1S/C14H26N2O2/c1-3-4-5-6-9-16-10-7-8-14(18,12-16)11-13(17)15-2/h4-5,18H,3,6-12H2,1-2H3,(H,15,17)/b5-4+. The van der Waals surface area contributed by atoms with E-state index in [-0.39, 0.29) is 12.3 Å². The van der Waals surface area contributed by atoms with E-state index in [4.69, 9.17) is 0 Å². The number of nitrogens with zero attached hydrogens (tertiary/aromatic N) is 1. The van der Waals surface area contributed by atoms with Crippen molar-refractivity contribution in [2.24, 2.45) is 0 Å². The summed E-state index contributed by atoms with van der Waals surface area (Å²) in [7, 11) is 1.61. The van der Waals surface area contributed by atoms with Crippen molar-refractivity contribution >= 4 is 5.91 Å². The summed E-state index contributed by atoms with van der Waals surface area (Å²) in [6.07, 6.45) is 8.34. The molecule has 0 saturated carbocycles. The largest absolute Gasteiger partial charge is 0.388 e. The Morgan fingerprint density at radius 1 is 1.50 bits per heavy atom. The van der Waals surface area contributed by atoms with Gasteiger partial charge in [0.05, 0.1) is 12.0 Å². The minimum Gasteiger partial charge on any atom is -0.388 e. The zero-order chi connectivity index (χ0) is 13.4. The van der Waals surface area contributed by atoms with Gasteiger partial charge in [-0.05, 0) is 32.2 Å². The van der Waals surface area contributed by atoms with Crippen LogP contribution in [0.1, 0.15) is 39.0 Å². The lowest BCUT2D eigenvalue weighted by atomic mass is 9.89. The van der Waals surface area contributed by atoms with Gasteiger partial charge in [-0.1, -0.05) is 19.1 Å². The fraction of sp³-hybridized carbons (Fsp3) is 0.786. The molecule has 0 radical (unpaired) electrons. The minimum atomic E-state index is -0.840. The van der Waals surface area contributed by atoms with Crippen LogP contribution < -0.4 is 5.32 Å². The predicted octanol–water partition coefficient (Wildman–Crippen LogP) is 1.31. The summed E-state index contributed by atoms with van der Waals surface area (Å²) in [6.45, 7) is 4.72. The number of carbonyl (C=O) groups is 1. The highest BCUT2D eigenvalue weighted by molar-refractivity contribution is 5.76. The van der Waals surface area contributed by atoms with Gasteiger partial charge in [-0.2, -0.15) is 0 Å². The lowest BCUT2D eigenvalue weighted by Crippen LogP contribution is -2.50. The lowest BCUT2D eigenvalue weighted by molar-refractivity contribution is -0.128. The Hall–Kier alpha value is -0.870. The van der Waals surface area contributed by atoms with Gasteiger partial charge in [0, 0.05) is 20.1 Å². The molecule has 2 N–H and O–H groups in total. The van der Waals surface area contributed by atoms with Gasteiger partial charge >= 0.3 is 0 Å². The van der Waals surface area contributed by atoms with Gasteiger partial charge in [0.1, 0.15) is 0 Å². The van der Waals surface area contributed by atoms with Crippen molar-refractivity contribution in [3.8, 4) is 0 Å². The molecule has 1 aliphatic rings. The molecular formula is C14H26N2O2. The fourth-order valence-electron chi connectivity index (χ4n) is 2.47. The summed E-state index contributed by atoms with van der Waals surface area (Å²) < 4.78 is 0. The molecule has 4 nitrogen and oxygen atoms in total. The first-order chi connectivity index (χ1) is 8.59. The first kappa shape index (κ1) is 15.2. The van der Waals surface area contributed by atoms with Crippen molar-refractivity contribution in [1.29, 1.82) is 0 Å². The molecule has 104 valence electrons. The van der Waals surface area contributed by atoms with E-state index in [1.54, 1.807) is 7.05 Å². The van der Waals surface area contributed by atoms with E-state index in [1.807, 2.05) is 0 Å². The molecule has 18 heavy (non-hydrogen) atoms. The van der Waals surface area contributed by atoms with Crippen molar-refractivity contribution < 1.29 is 9.90 Å². The van der Waals surface area contributed by atoms with Gasteiger partial charge in [0.25, 0.3) is 0 Å². The van der Waals surface area contributed by atoms with Crippen molar-refractivity contribution in [1.82, 2.24) is 10.2 Å². The van der Waals surface area contributed by atoms with E-state index < -0.39 is 5.60 Å². The maximum absolute atomic E-state index is 11.4. The van der Waals surface area contributed by atoms with Crippen LogP contribution in [0.25, 0.3) is 0 Å². The Balaban J connectivity index is 2.39. The highest BCUT2D eigenvalue weighted by Gasteiger charge is 2.34. The van der Waals surface area contributed by atoms with Crippen LogP contribution in [0.15, 0.2) is 12.2 Å². The van der Waals surface area contributed by atoms with Crippen molar-refractivity contribution in [2.75, 3.05) is 26.7 Å². The summed E-state index contributed by atoms with van der Waals surface area (Å²) in [4.78, 5) is 13.6. The third kappa shape index (κ3) is 5.19. The molecule has 1 heterocycles. The van der Waals surface area contributed by atoms with Gasteiger partial charge in [0.15, 0.2) is 0 Å². The molecule has 1 atom stereocenters. The van der Waals surface area contributed by atoms with E-state index in [0.29, 0.717) is 6.54 Å². The van der Waals surface area contributed by atoms with Crippen LogP contribution in [0.5, 0.6) is 0 Å². The van der Waals surface area contributed by atoms with Crippen molar-refractivity contribution in [3.05, 3.63) is 12.2 Å². The zero-order valence-corrected chi connectivity index (χ0v) is 11.6. The molecule has 0 aromatic heterocycles. The Kier molecular flexibility index (Phi) is 6.36. The molecule has 1 unspecified atom stereocenters. The molecule has 0 aliphatic carbocycles. The number of rotatable bonds is 6. The summed E-state index contributed by atoms with van der Waals surface area (Å²) in [6, 6.07) is 0. The Bertz CT molecular complexity index is 292. The molecule has 1 aliphatic heterocycles. The SMILES string of the molecule is CC/C=C/CCN1CCCC(O)(CC(=O)NC)C1. The van der Waals surface area contributed by atoms with Gasteiger partial charge in [-0.25, -0.2) is 0 Å². The van der Waals surface area contributed by atoms with Crippen LogP contribution in [0.4, 0.5) is 0 Å². The van der Waals surface area contributed by atoms with Gasteiger partial charge in [-0.3, -0.25) is 4.79 Å². The lowest BCUT2D eigenvalue weighted by Gasteiger charge is -2.38. The Morgan fingerprint density at radius 2 is 2.28 bits per heavy atom. The number of carbonyl (C=O) groups excluding carboxylic acids is 1. The van der Waals surface area contributed by atoms with Crippen molar-refractivity contribution in [3.63, 3.8) is 0 Å². The normalized spacial score (nSPS) is 25.5. The highest BCUT2D eigenvalue weighted by atomic mass is 16.3. The quantitative estimate of drug-likeness (QED) is 0.703. The van der Waals surface area contributed by atoms with Crippen LogP contribution >= 0.6 is 0 Å². The number of nitrogens with one attached hydrogen (secondary N) is 1. The maximum atomic E-state index is 11.4. The molecule has 0 bridgehead atoms. The third-order valence-electron chi connectivity index (χ3n) is 3.42. The summed E-state index contributed by atoms with van der Waals surface area (Å²) >= 11 is 0. The number of likely N-dealkylation sites (tertiary alicyclic amines) is 1. The minimum absolute atomic E-state index is 0.0785. The zero-order valence-electron chi connectivity index (χ0n) is 11.6. The fourth-order valence-corrected chi connectivity index (χ4v) is 2.47. The van der Waals surface area contributed by atoms with Gasteiger partial charge in [-0.15, -0.1) is 0 Å². The smallest absolute Gasteiger partial charge is 0.222 e. The first-order valence-corrected chi connectivity index (χ1v) is 6.90. The number of amides is 1. The second kappa shape index (κ2) is 7.54. The monoisotopic (exact) mass is 254 g/mol. The highest BCUT2D eigenvalue weighted by Crippen LogP contribution is 2.24. The van der Waals surface area contributed by atoms with Crippen LogP contribution in [-0.2, 0) is 4.79 Å². The maximum Gasteiger partial charge on any atom is 0.222 e.